The van der Waals surface area contributed by atoms with Crippen LogP contribution in [-0.2, 0) is 0 Å². The van der Waals surface area contributed by atoms with Crippen molar-refractivity contribution in [1.29, 1.82) is 0 Å². The molecule has 0 atom stereocenters. The third-order valence-electron chi connectivity index (χ3n) is 5.16. The number of imidazole rings is 1. The van der Waals surface area contributed by atoms with Crippen molar-refractivity contribution in [2.24, 2.45) is 0 Å². The molecular weight excluding hydrogens is 399 g/mol. The van der Waals surface area contributed by atoms with Crippen molar-refractivity contribution in [3.8, 4) is 11.3 Å². The van der Waals surface area contributed by atoms with Gasteiger partial charge in [-0.2, -0.15) is 0 Å². The summed E-state index contributed by atoms with van der Waals surface area (Å²) in [6.07, 6.45) is 1.88. The van der Waals surface area contributed by atoms with E-state index in [4.69, 9.17) is 0 Å². The van der Waals surface area contributed by atoms with Gasteiger partial charge in [-0.15, -0.1) is 0 Å². The molecule has 0 bridgehead atoms. The molecule has 0 aliphatic carbocycles. The van der Waals surface area contributed by atoms with E-state index in [-0.39, 0.29) is 11.7 Å². The van der Waals surface area contributed by atoms with Crippen molar-refractivity contribution in [2.45, 2.75) is 20.8 Å². The second-order valence-corrected chi connectivity index (χ2v) is 7.95. The lowest BCUT2D eigenvalue weighted by Crippen LogP contribution is -2.21. The third-order valence-corrected chi connectivity index (χ3v) is 6.31. The summed E-state index contributed by atoms with van der Waals surface area (Å²) < 4.78 is 15.1. The quantitative estimate of drug-likeness (QED) is 0.439. The van der Waals surface area contributed by atoms with Gasteiger partial charge in [0.15, 0.2) is 4.96 Å². The Morgan fingerprint density at radius 1 is 1.10 bits per heavy atom. The molecule has 0 saturated carbocycles. The fraction of sp³-hybridized carbons (Fsp3) is 0.217. The van der Waals surface area contributed by atoms with Gasteiger partial charge in [0.25, 0.3) is 5.91 Å². The molecule has 2 aromatic heterocycles. The molecule has 0 saturated heterocycles. The first-order valence-electron chi connectivity index (χ1n) is 9.91. The molecular formula is C23H23FN4OS. The number of anilines is 2. The van der Waals surface area contributed by atoms with Crippen LogP contribution in [0.25, 0.3) is 16.2 Å². The Labute approximate surface area is 178 Å². The molecule has 0 aliphatic heterocycles. The lowest BCUT2D eigenvalue weighted by molar-refractivity contribution is 0.102. The standard InChI is InChI=1S/C23H23FN4OS/c1-4-27(5-2)19-12-10-18(11-13-19)25-22(29)21-15(3)28-14-20(26-23(28)30-21)16-6-8-17(24)9-7-16/h6-14H,4-5H2,1-3H3,(H,25,29). The van der Waals surface area contributed by atoms with Gasteiger partial charge < -0.3 is 10.2 Å². The van der Waals surface area contributed by atoms with Crippen molar-refractivity contribution >= 4 is 33.6 Å². The van der Waals surface area contributed by atoms with Gasteiger partial charge >= 0.3 is 0 Å². The fourth-order valence-electron chi connectivity index (χ4n) is 3.45. The highest BCUT2D eigenvalue weighted by atomic mass is 32.1. The Morgan fingerprint density at radius 3 is 2.37 bits per heavy atom. The van der Waals surface area contributed by atoms with Crippen LogP contribution >= 0.6 is 11.3 Å². The Bertz CT molecular complexity index is 1170. The van der Waals surface area contributed by atoms with E-state index in [1.807, 2.05) is 41.8 Å². The van der Waals surface area contributed by atoms with Crippen molar-refractivity contribution < 1.29 is 9.18 Å². The molecule has 0 radical (unpaired) electrons. The summed E-state index contributed by atoms with van der Waals surface area (Å²) in [5.74, 6) is -0.429. The molecule has 2 aromatic carbocycles. The van der Waals surface area contributed by atoms with Crippen molar-refractivity contribution in [3.05, 3.63) is 71.1 Å². The van der Waals surface area contributed by atoms with Crippen LogP contribution < -0.4 is 10.2 Å². The first-order chi connectivity index (χ1) is 14.5. The van der Waals surface area contributed by atoms with E-state index in [2.05, 4.69) is 29.0 Å². The number of hydrogen-bond donors (Lipinski definition) is 1. The summed E-state index contributed by atoms with van der Waals surface area (Å²) in [6.45, 7) is 8.03. The summed E-state index contributed by atoms with van der Waals surface area (Å²) in [5.41, 5.74) is 4.31. The summed E-state index contributed by atoms with van der Waals surface area (Å²) in [7, 11) is 0. The average Bonchev–Trinajstić information content (AvgIpc) is 3.30. The normalized spacial score (nSPS) is 11.1. The van der Waals surface area contributed by atoms with Crippen LogP contribution in [0.2, 0.25) is 0 Å². The molecule has 4 aromatic rings. The molecule has 0 spiro atoms. The van der Waals surface area contributed by atoms with Crippen LogP contribution in [0.3, 0.4) is 0 Å². The largest absolute Gasteiger partial charge is 0.372 e. The van der Waals surface area contributed by atoms with Crippen LogP contribution in [0.5, 0.6) is 0 Å². The molecule has 30 heavy (non-hydrogen) atoms. The number of nitrogens with one attached hydrogen (secondary N) is 1. The van der Waals surface area contributed by atoms with Gasteiger partial charge in [-0.05, 0) is 69.3 Å². The summed E-state index contributed by atoms with van der Waals surface area (Å²) in [4.78, 5) is 21.0. The Morgan fingerprint density at radius 2 is 1.77 bits per heavy atom. The van der Waals surface area contributed by atoms with E-state index in [0.717, 1.165) is 46.4 Å². The minimum absolute atomic E-state index is 0.151. The molecule has 0 fully saturated rings. The van der Waals surface area contributed by atoms with Crippen molar-refractivity contribution in [2.75, 3.05) is 23.3 Å². The van der Waals surface area contributed by atoms with Crippen LogP contribution in [0.1, 0.15) is 29.2 Å². The number of thiazole rings is 1. The lowest BCUT2D eigenvalue weighted by Gasteiger charge is -2.21. The van der Waals surface area contributed by atoms with Gasteiger partial charge in [0.05, 0.1) is 5.69 Å². The highest BCUT2D eigenvalue weighted by Gasteiger charge is 2.18. The summed E-state index contributed by atoms with van der Waals surface area (Å²) in [5, 5.41) is 2.97. The molecule has 7 heteroatoms. The highest BCUT2D eigenvalue weighted by Crippen LogP contribution is 2.28. The first kappa shape index (κ1) is 20.1. The number of carbonyl (C=O) groups is 1. The number of aromatic nitrogens is 2. The van der Waals surface area contributed by atoms with E-state index in [9.17, 15) is 9.18 Å². The Balaban J connectivity index is 1.54. The van der Waals surface area contributed by atoms with E-state index in [0.29, 0.717) is 4.88 Å². The van der Waals surface area contributed by atoms with Gasteiger partial charge in [-0.3, -0.25) is 9.20 Å². The fourth-order valence-corrected chi connectivity index (χ4v) is 4.46. The molecule has 154 valence electrons. The zero-order valence-corrected chi connectivity index (χ0v) is 18.0. The third kappa shape index (κ3) is 3.80. The van der Waals surface area contributed by atoms with E-state index >= 15 is 0 Å². The average molecular weight is 423 g/mol. The van der Waals surface area contributed by atoms with Crippen molar-refractivity contribution in [3.63, 3.8) is 0 Å². The predicted molar refractivity (Wildman–Crippen MR) is 121 cm³/mol. The van der Waals surface area contributed by atoms with Gasteiger partial charge in [0, 0.05) is 41.9 Å². The summed E-state index contributed by atoms with van der Waals surface area (Å²) in [6, 6.07) is 14.1. The van der Waals surface area contributed by atoms with Crippen LogP contribution in [-0.4, -0.2) is 28.4 Å². The lowest BCUT2D eigenvalue weighted by atomic mass is 10.2. The number of nitrogens with zero attached hydrogens (tertiary/aromatic N) is 3. The van der Waals surface area contributed by atoms with Crippen LogP contribution in [0.4, 0.5) is 15.8 Å². The monoisotopic (exact) mass is 422 g/mol. The predicted octanol–water partition coefficient (Wildman–Crippen LogP) is 5.61. The smallest absolute Gasteiger partial charge is 0.267 e. The first-order valence-corrected chi connectivity index (χ1v) is 10.7. The molecule has 0 aliphatic rings. The molecule has 0 unspecified atom stereocenters. The highest BCUT2D eigenvalue weighted by molar-refractivity contribution is 7.19. The minimum Gasteiger partial charge on any atom is -0.372 e. The second kappa shape index (κ2) is 8.28. The molecule has 5 nitrogen and oxygen atoms in total. The maximum absolute atomic E-state index is 13.2. The van der Waals surface area contributed by atoms with E-state index in [1.165, 1.54) is 23.5 Å². The topological polar surface area (TPSA) is 49.6 Å². The molecule has 4 rings (SSSR count). The van der Waals surface area contributed by atoms with Crippen LogP contribution in [0.15, 0.2) is 54.7 Å². The minimum atomic E-state index is -0.278. The number of benzene rings is 2. The number of aryl methyl sites for hydroxylation is 1. The number of carbonyl (C=O) groups excluding carboxylic acids is 1. The zero-order valence-electron chi connectivity index (χ0n) is 17.1. The van der Waals surface area contributed by atoms with Gasteiger partial charge in [0.2, 0.25) is 0 Å². The van der Waals surface area contributed by atoms with Gasteiger partial charge in [-0.1, -0.05) is 11.3 Å². The maximum Gasteiger partial charge on any atom is 0.267 e. The number of halogens is 1. The number of rotatable bonds is 6. The summed E-state index contributed by atoms with van der Waals surface area (Å²) >= 11 is 1.34. The Kier molecular flexibility index (Phi) is 5.55. The zero-order chi connectivity index (χ0) is 21.3. The van der Waals surface area contributed by atoms with Crippen molar-refractivity contribution in [1.82, 2.24) is 9.38 Å². The molecule has 2 heterocycles. The van der Waals surface area contributed by atoms with Gasteiger partial charge in [0.1, 0.15) is 10.7 Å². The maximum atomic E-state index is 13.2. The second-order valence-electron chi connectivity index (χ2n) is 6.98. The van der Waals surface area contributed by atoms with Gasteiger partial charge in [-0.25, -0.2) is 9.37 Å². The number of hydrogen-bond acceptors (Lipinski definition) is 4. The van der Waals surface area contributed by atoms with E-state index in [1.54, 1.807) is 12.1 Å². The number of amides is 1. The molecule has 1 N–H and O–H groups in total. The molecule has 1 amide bonds. The SMILES string of the molecule is CCN(CC)c1ccc(NC(=O)c2sc3nc(-c4ccc(F)cc4)cn3c2C)cc1. The van der Waals surface area contributed by atoms with Crippen LogP contribution in [0, 0.1) is 12.7 Å². The number of fused-ring (bicyclic) bond motifs is 1. The van der Waals surface area contributed by atoms with E-state index < -0.39 is 0 Å². The Hall–Kier alpha value is -3.19.